The van der Waals surface area contributed by atoms with Crippen LogP contribution < -0.4 is 16.0 Å². The molecule has 2 heterocycles. The summed E-state index contributed by atoms with van der Waals surface area (Å²) < 4.78 is 0. The zero-order valence-corrected chi connectivity index (χ0v) is 31.5. The van der Waals surface area contributed by atoms with Gasteiger partial charge >= 0.3 is 5.97 Å². The number of hydrogen-bond acceptors (Lipinski definition) is 9. The van der Waals surface area contributed by atoms with Gasteiger partial charge in [0.05, 0.1) is 12.2 Å². The Morgan fingerprint density at radius 3 is 2.19 bits per heavy atom. The number of aromatic nitrogens is 2. The van der Waals surface area contributed by atoms with Crippen molar-refractivity contribution in [2.75, 3.05) is 6.54 Å². The standard InChI is InChI=1S/C39H54N6O8/c1-7-12-28(34(47)37(50)43-29(39(52)53)20-25-13-10-9-11-14-25)42-36(49)33-26(8-2)15-18-45(33)38(51)32(24(5)6)44-35(48)27(19-23(3)4)21-31(46)30-22-40-16-17-41-30/h9-11,13-14,16-17,22-24,26-29,32-33H,7-8,12,15,18-21H2,1-6H3,(H,42,49)(H,43,50)(H,44,48)(H,52,53)/t26-,27+,28?,29-,32-,33-/m0/s1. The van der Waals surface area contributed by atoms with E-state index in [0.29, 0.717) is 31.2 Å². The molecule has 4 amide bonds. The second-order valence-electron chi connectivity index (χ2n) is 14.5. The van der Waals surface area contributed by atoms with Crippen LogP contribution in [0.1, 0.15) is 96.1 Å². The van der Waals surface area contributed by atoms with E-state index < -0.39 is 65.5 Å². The predicted octanol–water partition coefficient (Wildman–Crippen LogP) is 3.15. The van der Waals surface area contributed by atoms with Gasteiger partial charge < -0.3 is 26.0 Å². The molecule has 1 saturated heterocycles. The van der Waals surface area contributed by atoms with Gasteiger partial charge in [-0.1, -0.05) is 84.7 Å². The van der Waals surface area contributed by atoms with E-state index in [-0.39, 0.29) is 55.0 Å². The molecule has 14 nitrogen and oxygen atoms in total. The van der Waals surface area contributed by atoms with Gasteiger partial charge in [0.25, 0.3) is 5.91 Å². The van der Waals surface area contributed by atoms with Gasteiger partial charge in [0.2, 0.25) is 23.5 Å². The molecular weight excluding hydrogens is 680 g/mol. The van der Waals surface area contributed by atoms with E-state index in [1.165, 1.54) is 23.5 Å². The number of carbonyl (C=O) groups is 7. The highest BCUT2D eigenvalue weighted by atomic mass is 16.4. The van der Waals surface area contributed by atoms with Crippen LogP contribution in [0, 0.1) is 23.7 Å². The topological polar surface area (TPSA) is 205 Å². The molecule has 0 bridgehead atoms. The van der Waals surface area contributed by atoms with Gasteiger partial charge in [0.15, 0.2) is 5.78 Å². The summed E-state index contributed by atoms with van der Waals surface area (Å²) >= 11 is 0. The predicted molar refractivity (Wildman–Crippen MR) is 196 cm³/mol. The third-order valence-corrected chi connectivity index (χ3v) is 9.56. The molecule has 1 aliphatic rings. The molecule has 2 aromatic rings. The summed E-state index contributed by atoms with van der Waals surface area (Å²) in [5.41, 5.74) is 0.804. The minimum absolute atomic E-state index is 0.0406. The van der Waals surface area contributed by atoms with Crippen LogP contribution in [0.15, 0.2) is 48.9 Å². The highest BCUT2D eigenvalue weighted by molar-refractivity contribution is 6.38. The number of carboxylic acid groups (broad SMARTS) is 1. The van der Waals surface area contributed by atoms with Crippen molar-refractivity contribution in [2.24, 2.45) is 23.7 Å². The molecular formula is C39H54N6O8. The minimum Gasteiger partial charge on any atom is -0.480 e. The minimum atomic E-state index is -1.37. The number of benzene rings is 1. The Labute approximate surface area is 311 Å². The Bertz CT molecular complexity index is 1580. The van der Waals surface area contributed by atoms with Crippen molar-refractivity contribution in [3.63, 3.8) is 0 Å². The number of carboxylic acids is 1. The summed E-state index contributed by atoms with van der Waals surface area (Å²) in [5.74, 6) is -6.58. The first-order valence-corrected chi connectivity index (χ1v) is 18.5. The number of Topliss-reactive ketones (excluding diaryl/α,β-unsaturated/α-hetero) is 2. The van der Waals surface area contributed by atoms with Crippen LogP contribution >= 0.6 is 0 Å². The number of likely N-dealkylation sites (tertiary alicyclic amines) is 1. The molecule has 288 valence electrons. The molecule has 1 aromatic carbocycles. The van der Waals surface area contributed by atoms with E-state index in [0.717, 1.165) is 0 Å². The lowest BCUT2D eigenvalue weighted by molar-refractivity contribution is -0.146. The van der Waals surface area contributed by atoms with Gasteiger partial charge in [-0.2, -0.15) is 0 Å². The molecule has 0 spiro atoms. The van der Waals surface area contributed by atoms with Gasteiger partial charge in [-0.3, -0.25) is 33.8 Å². The smallest absolute Gasteiger partial charge is 0.326 e. The lowest BCUT2D eigenvalue weighted by Gasteiger charge is -2.33. The summed E-state index contributed by atoms with van der Waals surface area (Å²) in [5, 5.41) is 17.6. The number of amides is 4. The van der Waals surface area contributed by atoms with Crippen molar-refractivity contribution < 1.29 is 38.7 Å². The second-order valence-corrected chi connectivity index (χ2v) is 14.5. The van der Waals surface area contributed by atoms with E-state index >= 15 is 0 Å². The quantitative estimate of drug-likeness (QED) is 0.116. The molecule has 1 unspecified atom stereocenters. The normalized spacial score (nSPS) is 17.8. The second kappa shape index (κ2) is 20.3. The van der Waals surface area contributed by atoms with Crippen molar-refractivity contribution in [3.05, 3.63) is 60.2 Å². The molecule has 0 saturated carbocycles. The first-order chi connectivity index (χ1) is 25.2. The third kappa shape index (κ3) is 12.0. The molecule has 3 rings (SSSR count). The zero-order valence-electron chi connectivity index (χ0n) is 31.5. The SMILES string of the molecule is CCCC(NC(=O)[C@@H]1[C@@H](CC)CCN1C(=O)[C@@H](NC(=O)[C@@H](CC(=O)c1cnccn1)CC(C)C)C(C)C)C(=O)C(=O)N[C@@H](Cc1ccccc1)C(=O)O. The molecule has 0 aliphatic carbocycles. The Balaban J connectivity index is 1.78. The molecule has 0 radical (unpaired) electrons. The highest BCUT2D eigenvalue weighted by Gasteiger charge is 2.45. The van der Waals surface area contributed by atoms with Gasteiger partial charge in [0, 0.05) is 37.7 Å². The monoisotopic (exact) mass is 734 g/mol. The van der Waals surface area contributed by atoms with Crippen LogP contribution in [0.4, 0.5) is 0 Å². The zero-order chi connectivity index (χ0) is 39.2. The fourth-order valence-electron chi connectivity index (χ4n) is 6.73. The van der Waals surface area contributed by atoms with E-state index in [2.05, 4.69) is 25.9 Å². The van der Waals surface area contributed by atoms with Crippen molar-refractivity contribution in [1.82, 2.24) is 30.8 Å². The molecule has 53 heavy (non-hydrogen) atoms. The average molecular weight is 735 g/mol. The summed E-state index contributed by atoms with van der Waals surface area (Å²) in [6, 6.07) is 4.07. The van der Waals surface area contributed by atoms with Crippen LogP contribution in [-0.4, -0.2) is 91.9 Å². The molecule has 14 heteroatoms. The summed E-state index contributed by atoms with van der Waals surface area (Å²) in [4.78, 5) is 103. The third-order valence-electron chi connectivity index (χ3n) is 9.56. The Kier molecular flexibility index (Phi) is 16.2. The maximum atomic E-state index is 14.2. The van der Waals surface area contributed by atoms with Gasteiger partial charge in [-0.25, -0.2) is 9.78 Å². The lowest BCUT2D eigenvalue weighted by atomic mass is 9.90. The highest BCUT2D eigenvalue weighted by Crippen LogP contribution is 2.29. The molecule has 1 aliphatic heterocycles. The maximum Gasteiger partial charge on any atom is 0.326 e. The Morgan fingerprint density at radius 2 is 1.62 bits per heavy atom. The fraction of sp³-hybridized carbons (Fsp3) is 0.564. The molecule has 1 aromatic heterocycles. The summed E-state index contributed by atoms with van der Waals surface area (Å²) in [6.07, 6.45) is 6.04. The van der Waals surface area contributed by atoms with E-state index in [1.54, 1.807) is 51.1 Å². The van der Waals surface area contributed by atoms with Crippen LogP contribution in [0.5, 0.6) is 0 Å². The number of nitrogens with one attached hydrogen (secondary N) is 3. The van der Waals surface area contributed by atoms with E-state index in [9.17, 15) is 38.7 Å². The molecule has 6 atom stereocenters. The number of nitrogens with zero attached hydrogens (tertiary/aromatic N) is 3. The van der Waals surface area contributed by atoms with E-state index in [1.807, 2.05) is 20.8 Å². The summed E-state index contributed by atoms with van der Waals surface area (Å²) in [7, 11) is 0. The number of aliphatic carboxylic acids is 1. The van der Waals surface area contributed by atoms with E-state index in [4.69, 9.17) is 0 Å². The number of ketones is 2. The van der Waals surface area contributed by atoms with Crippen molar-refractivity contribution >= 4 is 41.2 Å². The first-order valence-electron chi connectivity index (χ1n) is 18.5. The van der Waals surface area contributed by atoms with Gasteiger partial charge in [-0.05, 0) is 42.6 Å². The van der Waals surface area contributed by atoms with Crippen LogP contribution in [0.3, 0.4) is 0 Å². The Hall–Kier alpha value is -5.01. The average Bonchev–Trinajstić information content (AvgIpc) is 3.57. The number of carbonyl (C=O) groups excluding carboxylic acids is 6. The van der Waals surface area contributed by atoms with Crippen LogP contribution in [0.2, 0.25) is 0 Å². The van der Waals surface area contributed by atoms with Gasteiger partial charge in [0.1, 0.15) is 23.8 Å². The molecule has 1 fully saturated rings. The van der Waals surface area contributed by atoms with Crippen LogP contribution in [-0.2, 0) is 35.2 Å². The lowest BCUT2D eigenvalue weighted by Crippen LogP contribution is -2.59. The maximum absolute atomic E-state index is 14.2. The van der Waals surface area contributed by atoms with Crippen molar-refractivity contribution in [3.8, 4) is 0 Å². The number of hydrogen-bond donors (Lipinski definition) is 4. The summed E-state index contributed by atoms with van der Waals surface area (Å²) in [6.45, 7) is 11.4. The fourth-order valence-corrected chi connectivity index (χ4v) is 6.73. The first kappa shape index (κ1) is 42.4. The Morgan fingerprint density at radius 1 is 0.925 bits per heavy atom. The van der Waals surface area contributed by atoms with Crippen molar-refractivity contribution in [1.29, 1.82) is 0 Å². The van der Waals surface area contributed by atoms with Gasteiger partial charge in [-0.15, -0.1) is 0 Å². The largest absolute Gasteiger partial charge is 0.480 e. The van der Waals surface area contributed by atoms with Crippen molar-refractivity contribution in [2.45, 2.75) is 111 Å². The number of rotatable bonds is 20. The molecule has 4 N–H and O–H groups in total. The van der Waals surface area contributed by atoms with Crippen LogP contribution in [0.25, 0.3) is 0 Å².